The minimum atomic E-state index is -0.506. The second kappa shape index (κ2) is 4.72. The van der Waals surface area contributed by atoms with E-state index in [0.717, 1.165) is 42.0 Å². The summed E-state index contributed by atoms with van der Waals surface area (Å²) in [7, 11) is 0. The van der Waals surface area contributed by atoms with Crippen LogP contribution in [0.25, 0.3) is 10.9 Å². The topological polar surface area (TPSA) is 68.2 Å². The van der Waals surface area contributed by atoms with Crippen LogP contribution < -0.4 is 15.4 Å². The van der Waals surface area contributed by atoms with E-state index in [2.05, 4.69) is 16.7 Å². The third kappa shape index (κ3) is 1.92. The van der Waals surface area contributed by atoms with Gasteiger partial charge in [0.15, 0.2) is 0 Å². The lowest BCUT2D eigenvalue weighted by Crippen LogP contribution is -2.43. The van der Waals surface area contributed by atoms with Crippen molar-refractivity contribution in [3.63, 3.8) is 0 Å². The van der Waals surface area contributed by atoms with Crippen LogP contribution in [0.15, 0.2) is 18.2 Å². The molecule has 6 nitrogen and oxygen atoms in total. The molecule has 2 aromatic rings. The Balaban J connectivity index is 1.48. The van der Waals surface area contributed by atoms with E-state index in [1.807, 2.05) is 30.7 Å². The van der Waals surface area contributed by atoms with Crippen LogP contribution in [-0.2, 0) is 16.9 Å². The van der Waals surface area contributed by atoms with E-state index in [9.17, 15) is 4.79 Å². The lowest BCUT2D eigenvalue weighted by Gasteiger charge is -2.25. The average molecular weight is 326 g/mol. The van der Waals surface area contributed by atoms with Crippen molar-refractivity contribution in [2.45, 2.75) is 25.9 Å². The molecule has 2 N–H and O–H groups in total. The molecule has 2 fully saturated rings. The van der Waals surface area contributed by atoms with Crippen LogP contribution in [0.5, 0.6) is 5.75 Å². The van der Waals surface area contributed by atoms with E-state index in [1.54, 1.807) is 0 Å². The molecule has 3 heterocycles. The molecule has 1 saturated heterocycles. The molecule has 1 aromatic carbocycles. The fraction of sp³-hybridized carbons (Fsp3) is 0.556. The normalized spacial score (nSPS) is 27.7. The molecule has 3 aliphatic rings. The molecule has 1 saturated carbocycles. The van der Waals surface area contributed by atoms with Gasteiger partial charge in [0.1, 0.15) is 17.9 Å². The maximum absolute atomic E-state index is 12.7. The van der Waals surface area contributed by atoms with Crippen molar-refractivity contribution < 1.29 is 9.53 Å². The zero-order valence-corrected chi connectivity index (χ0v) is 14.0. The van der Waals surface area contributed by atoms with Gasteiger partial charge in [-0.1, -0.05) is 12.1 Å². The summed E-state index contributed by atoms with van der Waals surface area (Å²) in [5, 5.41) is 12.5. The van der Waals surface area contributed by atoms with Crippen LogP contribution >= 0.6 is 0 Å². The van der Waals surface area contributed by atoms with Crippen molar-refractivity contribution in [3.05, 3.63) is 23.9 Å². The van der Waals surface area contributed by atoms with Crippen molar-refractivity contribution in [2.24, 2.45) is 17.8 Å². The Labute approximate surface area is 140 Å². The van der Waals surface area contributed by atoms with E-state index in [-0.39, 0.29) is 11.8 Å². The van der Waals surface area contributed by atoms with Gasteiger partial charge in [0, 0.05) is 11.3 Å². The highest BCUT2D eigenvalue weighted by molar-refractivity contribution is 5.90. The molecule has 1 amide bonds. The zero-order chi connectivity index (χ0) is 16.5. The zero-order valence-electron chi connectivity index (χ0n) is 14.0. The van der Waals surface area contributed by atoms with Crippen LogP contribution in [0.3, 0.4) is 0 Å². The second-order valence-electron chi connectivity index (χ2n) is 7.70. The van der Waals surface area contributed by atoms with E-state index in [4.69, 9.17) is 9.84 Å². The molecule has 2 atom stereocenters. The molecule has 126 valence electrons. The van der Waals surface area contributed by atoms with E-state index in [0.29, 0.717) is 18.4 Å². The Morgan fingerprint density at radius 2 is 2.17 bits per heavy atom. The molecular formula is C18H22N4O2. The summed E-state index contributed by atoms with van der Waals surface area (Å²) < 4.78 is 7.75. The van der Waals surface area contributed by atoms with Gasteiger partial charge in [-0.15, -0.1) is 0 Å². The molecule has 0 spiro atoms. The molecule has 2 aliphatic heterocycles. The molecule has 6 heteroatoms. The van der Waals surface area contributed by atoms with Crippen molar-refractivity contribution in [3.8, 4) is 5.75 Å². The van der Waals surface area contributed by atoms with Crippen molar-refractivity contribution >= 4 is 16.8 Å². The van der Waals surface area contributed by atoms with Crippen molar-refractivity contribution in [1.29, 1.82) is 0 Å². The number of carbonyl (C=O) groups is 1. The van der Waals surface area contributed by atoms with Gasteiger partial charge in [-0.2, -0.15) is 5.10 Å². The third-order valence-electron chi connectivity index (χ3n) is 5.72. The second-order valence-corrected chi connectivity index (χ2v) is 7.70. The number of ether oxygens (including phenoxy) is 1. The fourth-order valence-electron chi connectivity index (χ4n) is 4.44. The highest BCUT2D eigenvalue weighted by atomic mass is 16.5. The maximum atomic E-state index is 12.7. The number of nitrogens with one attached hydrogen (secondary N) is 2. The van der Waals surface area contributed by atoms with E-state index in [1.165, 1.54) is 0 Å². The number of amides is 1. The number of fused-ring (bicyclic) bond motifs is 1. The van der Waals surface area contributed by atoms with Gasteiger partial charge in [0.25, 0.3) is 0 Å². The van der Waals surface area contributed by atoms with E-state index >= 15 is 0 Å². The molecular weight excluding hydrogens is 304 g/mol. The SMILES string of the molecule is CC(C)(NC(=O)C1C2CNCC21)c1nn2c3c(cccc13)OCC2. The fourth-order valence-corrected chi connectivity index (χ4v) is 4.44. The molecule has 1 aliphatic carbocycles. The summed E-state index contributed by atoms with van der Waals surface area (Å²) in [6.45, 7) is 7.41. The first-order valence-electron chi connectivity index (χ1n) is 8.72. The number of hydrogen-bond acceptors (Lipinski definition) is 4. The van der Waals surface area contributed by atoms with Crippen LogP contribution in [0.1, 0.15) is 19.5 Å². The summed E-state index contributed by atoms with van der Waals surface area (Å²) in [4.78, 5) is 12.7. The summed E-state index contributed by atoms with van der Waals surface area (Å²) in [6.07, 6.45) is 0. The Morgan fingerprint density at radius 3 is 2.96 bits per heavy atom. The van der Waals surface area contributed by atoms with Gasteiger partial charge in [0.2, 0.25) is 5.91 Å². The lowest BCUT2D eigenvalue weighted by atomic mass is 9.96. The molecule has 0 radical (unpaired) electrons. The average Bonchev–Trinajstić information content (AvgIpc) is 2.90. The molecule has 2 unspecified atom stereocenters. The van der Waals surface area contributed by atoms with Gasteiger partial charge >= 0.3 is 0 Å². The number of benzene rings is 1. The number of carbonyl (C=O) groups excluding carboxylic acids is 1. The largest absolute Gasteiger partial charge is 0.489 e. The molecule has 0 bridgehead atoms. The quantitative estimate of drug-likeness (QED) is 0.891. The number of rotatable bonds is 3. The highest BCUT2D eigenvalue weighted by Gasteiger charge is 2.57. The predicted octanol–water partition coefficient (Wildman–Crippen LogP) is 1.25. The van der Waals surface area contributed by atoms with Gasteiger partial charge in [-0.3, -0.25) is 9.48 Å². The van der Waals surface area contributed by atoms with Crippen molar-refractivity contribution in [2.75, 3.05) is 19.7 Å². The number of piperidine rings is 1. The first-order valence-corrected chi connectivity index (χ1v) is 8.72. The van der Waals surface area contributed by atoms with Gasteiger partial charge in [-0.25, -0.2) is 0 Å². The van der Waals surface area contributed by atoms with Crippen LogP contribution in [0, 0.1) is 17.8 Å². The van der Waals surface area contributed by atoms with Crippen LogP contribution in [0.2, 0.25) is 0 Å². The standard InChI is InChI=1S/C18H22N4O2/c1-18(2,20-17(23)14-11-8-19-9-12(11)14)16-10-4-3-5-13-15(10)22(21-16)6-7-24-13/h3-5,11-12,14,19H,6-9H2,1-2H3,(H,20,23). The summed E-state index contributed by atoms with van der Waals surface area (Å²) in [5.74, 6) is 2.27. The third-order valence-corrected chi connectivity index (χ3v) is 5.72. The number of para-hydroxylation sites is 1. The van der Waals surface area contributed by atoms with Crippen LogP contribution in [-0.4, -0.2) is 35.4 Å². The minimum absolute atomic E-state index is 0.168. The number of aromatic nitrogens is 2. The Kier molecular flexibility index (Phi) is 2.81. The number of hydrogen-bond donors (Lipinski definition) is 2. The minimum Gasteiger partial charge on any atom is -0.489 e. The first kappa shape index (κ1) is 14.3. The summed E-state index contributed by atoms with van der Waals surface area (Å²) in [5.41, 5.74) is 1.45. The molecule has 1 aromatic heterocycles. The lowest BCUT2D eigenvalue weighted by molar-refractivity contribution is -0.124. The highest BCUT2D eigenvalue weighted by Crippen LogP contribution is 2.49. The van der Waals surface area contributed by atoms with Crippen molar-refractivity contribution in [1.82, 2.24) is 20.4 Å². The smallest absolute Gasteiger partial charge is 0.224 e. The van der Waals surface area contributed by atoms with E-state index < -0.39 is 5.54 Å². The Hall–Kier alpha value is -2.08. The predicted molar refractivity (Wildman–Crippen MR) is 89.7 cm³/mol. The molecule has 5 rings (SSSR count). The van der Waals surface area contributed by atoms with Gasteiger partial charge < -0.3 is 15.4 Å². The molecule has 24 heavy (non-hydrogen) atoms. The first-order chi connectivity index (χ1) is 11.6. The van der Waals surface area contributed by atoms with Gasteiger partial charge in [-0.05, 0) is 44.8 Å². The Bertz CT molecular complexity index is 831. The Morgan fingerprint density at radius 1 is 1.38 bits per heavy atom. The monoisotopic (exact) mass is 326 g/mol. The summed E-state index contributed by atoms with van der Waals surface area (Å²) >= 11 is 0. The summed E-state index contributed by atoms with van der Waals surface area (Å²) in [6, 6.07) is 6.04. The van der Waals surface area contributed by atoms with Gasteiger partial charge in [0.05, 0.1) is 17.8 Å². The maximum Gasteiger partial charge on any atom is 0.224 e. The van der Waals surface area contributed by atoms with Crippen LogP contribution in [0.4, 0.5) is 0 Å². The number of nitrogens with zero attached hydrogens (tertiary/aromatic N) is 2.